The molecule has 0 aliphatic carbocycles. The van der Waals surface area contributed by atoms with E-state index >= 15 is 0 Å². The Labute approximate surface area is 158 Å². The third kappa shape index (κ3) is 6.62. The molecule has 7 heteroatoms. The van der Waals surface area contributed by atoms with Crippen LogP contribution in [0.4, 0.5) is 10.1 Å². The Hall–Kier alpha value is -3.09. The molecule has 1 amide bonds. The zero-order chi connectivity index (χ0) is 19.6. The van der Waals surface area contributed by atoms with E-state index < -0.39 is 5.82 Å². The summed E-state index contributed by atoms with van der Waals surface area (Å²) in [5, 5.41) is 8.69. The molecule has 0 atom stereocenters. The summed E-state index contributed by atoms with van der Waals surface area (Å²) in [6, 6.07) is 11.7. The Balaban J connectivity index is 1.96. The first-order valence-corrected chi connectivity index (χ1v) is 8.73. The highest BCUT2D eigenvalue weighted by Gasteiger charge is 2.07. The minimum atomic E-state index is -0.400. The molecule has 0 saturated heterocycles. The number of hydrogen-bond acceptors (Lipinski definition) is 3. The largest absolute Gasteiger partial charge is 0.496 e. The highest BCUT2D eigenvalue weighted by molar-refractivity contribution is 5.94. The van der Waals surface area contributed by atoms with E-state index in [4.69, 9.17) is 4.74 Å². The van der Waals surface area contributed by atoms with Gasteiger partial charge < -0.3 is 20.7 Å². The number of amides is 1. The number of carbonyl (C=O) groups excluding carboxylic acids is 1. The first-order valence-electron chi connectivity index (χ1n) is 8.73. The SMILES string of the molecule is CCNC(=NCc1ccc(C)cc1OC)NCC(=O)Nc1cccc(F)c1. The number of rotatable bonds is 7. The second kappa shape index (κ2) is 10.2. The zero-order valence-electron chi connectivity index (χ0n) is 15.8. The maximum absolute atomic E-state index is 13.2. The van der Waals surface area contributed by atoms with Crippen molar-refractivity contribution in [1.82, 2.24) is 10.6 Å². The quantitative estimate of drug-likeness (QED) is 0.516. The van der Waals surface area contributed by atoms with Crippen LogP contribution in [0.15, 0.2) is 47.5 Å². The number of nitrogens with one attached hydrogen (secondary N) is 3. The van der Waals surface area contributed by atoms with Gasteiger partial charge in [-0.3, -0.25) is 4.79 Å². The molecule has 0 radical (unpaired) electrons. The standard InChI is InChI=1S/C20H25FN4O2/c1-4-22-20(23-12-15-9-8-14(2)10-18(15)27-3)24-13-19(26)25-17-7-5-6-16(21)11-17/h5-11H,4,12-13H2,1-3H3,(H,25,26)(H2,22,23,24). The van der Waals surface area contributed by atoms with Crippen LogP contribution < -0.4 is 20.7 Å². The van der Waals surface area contributed by atoms with Gasteiger partial charge in [0.15, 0.2) is 5.96 Å². The first-order chi connectivity index (χ1) is 13.0. The van der Waals surface area contributed by atoms with Crippen LogP contribution in [0.5, 0.6) is 5.75 Å². The Morgan fingerprint density at radius 3 is 2.70 bits per heavy atom. The summed E-state index contributed by atoms with van der Waals surface area (Å²) in [6.07, 6.45) is 0. The number of carbonyl (C=O) groups is 1. The molecule has 0 aromatic heterocycles. The summed E-state index contributed by atoms with van der Waals surface area (Å²) in [4.78, 5) is 16.5. The van der Waals surface area contributed by atoms with Crippen LogP contribution in [-0.4, -0.2) is 32.1 Å². The van der Waals surface area contributed by atoms with Crippen molar-refractivity contribution in [2.75, 3.05) is 25.5 Å². The van der Waals surface area contributed by atoms with E-state index in [2.05, 4.69) is 20.9 Å². The maximum Gasteiger partial charge on any atom is 0.243 e. The van der Waals surface area contributed by atoms with E-state index in [-0.39, 0.29) is 12.5 Å². The number of hydrogen-bond donors (Lipinski definition) is 3. The van der Waals surface area contributed by atoms with Gasteiger partial charge in [0.25, 0.3) is 0 Å². The fourth-order valence-corrected chi connectivity index (χ4v) is 2.42. The van der Waals surface area contributed by atoms with Gasteiger partial charge in [-0.25, -0.2) is 9.38 Å². The van der Waals surface area contributed by atoms with Crippen LogP contribution >= 0.6 is 0 Å². The van der Waals surface area contributed by atoms with Crippen LogP contribution in [0.25, 0.3) is 0 Å². The van der Waals surface area contributed by atoms with E-state index in [0.717, 1.165) is 16.9 Å². The molecule has 0 heterocycles. The number of guanidine groups is 1. The number of aliphatic imine (C=N–C) groups is 1. The Morgan fingerprint density at radius 2 is 2.00 bits per heavy atom. The molecule has 27 heavy (non-hydrogen) atoms. The second-order valence-electron chi connectivity index (χ2n) is 5.92. The molecule has 0 aliphatic rings. The fraction of sp³-hybridized carbons (Fsp3) is 0.300. The van der Waals surface area contributed by atoms with Gasteiger partial charge in [0, 0.05) is 17.8 Å². The molecule has 3 N–H and O–H groups in total. The average Bonchev–Trinajstić information content (AvgIpc) is 2.64. The normalized spacial score (nSPS) is 11.0. The van der Waals surface area contributed by atoms with Crippen molar-refractivity contribution in [3.05, 3.63) is 59.4 Å². The Morgan fingerprint density at radius 1 is 1.19 bits per heavy atom. The van der Waals surface area contributed by atoms with Gasteiger partial charge in [-0.2, -0.15) is 0 Å². The lowest BCUT2D eigenvalue weighted by Crippen LogP contribution is -2.41. The molecule has 6 nitrogen and oxygen atoms in total. The highest BCUT2D eigenvalue weighted by atomic mass is 19.1. The van der Waals surface area contributed by atoms with Gasteiger partial charge in [0.1, 0.15) is 11.6 Å². The summed E-state index contributed by atoms with van der Waals surface area (Å²) in [5.74, 6) is 0.592. The van der Waals surface area contributed by atoms with Gasteiger partial charge in [-0.1, -0.05) is 18.2 Å². The third-order valence-corrected chi connectivity index (χ3v) is 3.72. The zero-order valence-corrected chi connectivity index (χ0v) is 15.8. The lowest BCUT2D eigenvalue weighted by atomic mass is 10.1. The molecule has 144 valence electrons. The van der Waals surface area contributed by atoms with E-state index in [1.807, 2.05) is 32.0 Å². The van der Waals surface area contributed by atoms with E-state index in [9.17, 15) is 9.18 Å². The van der Waals surface area contributed by atoms with Gasteiger partial charge in [0.05, 0.1) is 20.2 Å². The minimum absolute atomic E-state index is 0.00732. The van der Waals surface area contributed by atoms with Crippen LogP contribution in [0, 0.1) is 12.7 Å². The van der Waals surface area contributed by atoms with Crippen LogP contribution in [0.2, 0.25) is 0 Å². The number of aryl methyl sites for hydroxylation is 1. The van der Waals surface area contributed by atoms with Gasteiger partial charge in [-0.15, -0.1) is 0 Å². The molecule has 0 fully saturated rings. The average molecular weight is 372 g/mol. The van der Waals surface area contributed by atoms with Crippen LogP contribution in [0.3, 0.4) is 0 Å². The van der Waals surface area contributed by atoms with Crippen LogP contribution in [-0.2, 0) is 11.3 Å². The third-order valence-electron chi connectivity index (χ3n) is 3.72. The first kappa shape index (κ1) is 20.2. The van der Waals surface area contributed by atoms with Gasteiger partial charge >= 0.3 is 0 Å². The molecule has 0 aliphatic heterocycles. The number of benzene rings is 2. The Bertz CT molecular complexity index is 808. The number of methoxy groups -OCH3 is 1. The van der Waals surface area contributed by atoms with Crippen LogP contribution in [0.1, 0.15) is 18.1 Å². The number of halogens is 1. The lowest BCUT2D eigenvalue weighted by Gasteiger charge is -2.12. The summed E-state index contributed by atoms with van der Waals surface area (Å²) < 4.78 is 18.6. The molecule has 2 aromatic rings. The number of ether oxygens (including phenoxy) is 1. The smallest absolute Gasteiger partial charge is 0.243 e. The van der Waals surface area contributed by atoms with Crippen molar-refractivity contribution in [3.63, 3.8) is 0 Å². The van der Waals surface area contributed by atoms with Crippen molar-refractivity contribution in [3.8, 4) is 5.75 Å². The molecule has 0 saturated carbocycles. The maximum atomic E-state index is 13.2. The van der Waals surface area contributed by atoms with Crippen molar-refractivity contribution in [2.45, 2.75) is 20.4 Å². The predicted octanol–water partition coefficient (Wildman–Crippen LogP) is 2.84. The van der Waals surface area contributed by atoms with Crippen molar-refractivity contribution >= 4 is 17.6 Å². The molecule has 2 rings (SSSR count). The van der Waals surface area contributed by atoms with E-state index in [1.165, 1.54) is 12.1 Å². The summed E-state index contributed by atoms with van der Waals surface area (Å²) in [5.41, 5.74) is 2.47. The molecule has 0 spiro atoms. The van der Waals surface area contributed by atoms with Gasteiger partial charge in [-0.05, 0) is 43.7 Å². The molecular formula is C20H25FN4O2. The Kier molecular flexibility index (Phi) is 7.61. The van der Waals surface area contributed by atoms with E-state index in [1.54, 1.807) is 19.2 Å². The fourth-order valence-electron chi connectivity index (χ4n) is 2.42. The predicted molar refractivity (Wildman–Crippen MR) is 106 cm³/mol. The summed E-state index contributed by atoms with van der Waals surface area (Å²) >= 11 is 0. The molecule has 2 aromatic carbocycles. The van der Waals surface area contributed by atoms with Gasteiger partial charge in [0.2, 0.25) is 5.91 Å². The molecule has 0 bridgehead atoms. The van der Waals surface area contributed by atoms with E-state index in [0.29, 0.717) is 24.7 Å². The molecular weight excluding hydrogens is 347 g/mol. The monoisotopic (exact) mass is 372 g/mol. The summed E-state index contributed by atoms with van der Waals surface area (Å²) in [6.45, 7) is 5.01. The molecule has 0 unspecified atom stereocenters. The highest BCUT2D eigenvalue weighted by Crippen LogP contribution is 2.20. The number of nitrogens with zero attached hydrogens (tertiary/aromatic N) is 1. The number of anilines is 1. The summed E-state index contributed by atoms with van der Waals surface area (Å²) in [7, 11) is 1.63. The minimum Gasteiger partial charge on any atom is -0.496 e. The van der Waals surface area contributed by atoms with Crippen molar-refractivity contribution < 1.29 is 13.9 Å². The lowest BCUT2D eigenvalue weighted by molar-refractivity contribution is -0.115. The second-order valence-corrected chi connectivity index (χ2v) is 5.92. The van der Waals surface area contributed by atoms with Crippen molar-refractivity contribution in [1.29, 1.82) is 0 Å². The topological polar surface area (TPSA) is 74.8 Å². The van der Waals surface area contributed by atoms with Crippen molar-refractivity contribution in [2.24, 2.45) is 4.99 Å².